The third-order valence-electron chi connectivity index (χ3n) is 3.40. The van der Waals surface area contributed by atoms with Gasteiger partial charge in [0.05, 0.1) is 6.42 Å². The summed E-state index contributed by atoms with van der Waals surface area (Å²) >= 11 is 4.99. The van der Waals surface area contributed by atoms with E-state index in [1.54, 1.807) is 11.3 Å². The lowest BCUT2D eigenvalue weighted by atomic mass is 10.2. The smallest absolute Gasteiger partial charge is 0.227 e. The number of rotatable bonds is 4. The average Bonchev–Trinajstić information content (AvgIpc) is 2.84. The van der Waals surface area contributed by atoms with Crippen LogP contribution in [0.4, 0.5) is 0 Å². The highest BCUT2D eigenvalue weighted by Crippen LogP contribution is 2.21. The van der Waals surface area contributed by atoms with Crippen LogP contribution >= 0.6 is 27.3 Å². The Hall–Kier alpha value is -0.880. The lowest BCUT2D eigenvalue weighted by Gasteiger charge is -2.34. The molecule has 0 saturated carbocycles. The van der Waals surface area contributed by atoms with Crippen LogP contribution in [-0.2, 0) is 16.0 Å². The fourth-order valence-corrected chi connectivity index (χ4v) is 3.73. The summed E-state index contributed by atoms with van der Waals surface area (Å²) < 4.78 is 1.03. The van der Waals surface area contributed by atoms with Crippen LogP contribution in [0.1, 0.15) is 24.6 Å². The minimum absolute atomic E-state index is 0.155. The van der Waals surface area contributed by atoms with Crippen molar-refractivity contribution in [1.82, 2.24) is 9.80 Å². The Labute approximate surface area is 131 Å². The van der Waals surface area contributed by atoms with Gasteiger partial charge in [0.1, 0.15) is 0 Å². The number of amides is 2. The summed E-state index contributed by atoms with van der Waals surface area (Å²) in [5, 5.41) is 1.99. The van der Waals surface area contributed by atoms with Crippen LogP contribution in [-0.4, -0.2) is 47.8 Å². The maximum absolute atomic E-state index is 12.2. The zero-order chi connectivity index (χ0) is 14.5. The standard InChI is InChI=1S/C14H19BrN2O2S/c1-2-3-13(18)16-4-6-17(7-5-16)14(19)9-12-8-11(15)10-20-12/h8,10H,2-7,9H2,1H3. The molecule has 1 fully saturated rings. The van der Waals surface area contributed by atoms with Gasteiger partial charge in [0.15, 0.2) is 0 Å². The Kier molecular flexibility index (Phi) is 5.60. The number of halogens is 1. The number of carbonyl (C=O) groups excluding carboxylic acids is 2. The van der Waals surface area contributed by atoms with Gasteiger partial charge in [-0.25, -0.2) is 0 Å². The van der Waals surface area contributed by atoms with Crippen molar-refractivity contribution in [1.29, 1.82) is 0 Å². The molecule has 1 aromatic rings. The molecule has 0 spiro atoms. The van der Waals surface area contributed by atoms with Crippen LogP contribution in [0, 0.1) is 0 Å². The molecule has 2 amide bonds. The maximum Gasteiger partial charge on any atom is 0.227 e. The van der Waals surface area contributed by atoms with Gasteiger partial charge < -0.3 is 9.80 Å². The molecule has 2 heterocycles. The molecule has 1 aromatic heterocycles. The van der Waals surface area contributed by atoms with E-state index in [4.69, 9.17) is 0 Å². The van der Waals surface area contributed by atoms with Crippen LogP contribution in [0.25, 0.3) is 0 Å². The van der Waals surface area contributed by atoms with E-state index < -0.39 is 0 Å². The molecule has 1 saturated heterocycles. The molecular weight excluding hydrogens is 340 g/mol. The SMILES string of the molecule is CCCC(=O)N1CCN(C(=O)Cc2cc(Br)cs2)CC1. The van der Waals surface area contributed by atoms with Gasteiger partial charge in [-0.05, 0) is 28.4 Å². The summed E-state index contributed by atoms with van der Waals surface area (Å²) in [6.45, 7) is 4.65. The van der Waals surface area contributed by atoms with Crippen molar-refractivity contribution in [3.8, 4) is 0 Å². The zero-order valence-corrected chi connectivity index (χ0v) is 14.0. The van der Waals surface area contributed by atoms with E-state index in [1.165, 1.54) is 0 Å². The van der Waals surface area contributed by atoms with E-state index in [-0.39, 0.29) is 11.8 Å². The molecule has 1 aliphatic rings. The molecule has 0 aromatic carbocycles. The van der Waals surface area contributed by atoms with Crippen LogP contribution in [0.5, 0.6) is 0 Å². The van der Waals surface area contributed by atoms with Crippen LogP contribution in [0.2, 0.25) is 0 Å². The first-order valence-corrected chi connectivity index (χ1v) is 8.56. The third-order valence-corrected chi connectivity index (χ3v) is 5.09. The minimum atomic E-state index is 0.155. The van der Waals surface area contributed by atoms with Crippen molar-refractivity contribution >= 4 is 39.1 Å². The second-order valence-corrected chi connectivity index (χ2v) is 6.83. The Morgan fingerprint density at radius 1 is 1.20 bits per heavy atom. The Balaban J connectivity index is 1.81. The predicted octanol–water partition coefficient (Wildman–Crippen LogP) is 2.52. The lowest BCUT2D eigenvalue weighted by molar-refractivity contribution is -0.139. The Morgan fingerprint density at radius 2 is 1.80 bits per heavy atom. The Morgan fingerprint density at radius 3 is 2.30 bits per heavy atom. The van der Waals surface area contributed by atoms with Gasteiger partial charge in [0.25, 0.3) is 0 Å². The quantitative estimate of drug-likeness (QED) is 0.829. The second kappa shape index (κ2) is 7.22. The molecule has 0 bridgehead atoms. The highest BCUT2D eigenvalue weighted by molar-refractivity contribution is 9.10. The van der Waals surface area contributed by atoms with Gasteiger partial charge in [-0.3, -0.25) is 9.59 Å². The van der Waals surface area contributed by atoms with E-state index in [1.807, 2.05) is 28.2 Å². The first-order chi connectivity index (χ1) is 9.60. The summed E-state index contributed by atoms with van der Waals surface area (Å²) in [4.78, 5) is 28.8. The van der Waals surface area contributed by atoms with Gasteiger partial charge >= 0.3 is 0 Å². The minimum Gasteiger partial charge on any atom is -0.339 e. The first-order valence-electron chi connectivity index (χ1n) is 6.88. The molecule has 1 aliphatic heterocycles. The first kappa shape index (κ1) is 15.5. The molecule has 20 heavy (non-hydrogen) atoms. The molecule has 0 radical (unpaired) electrons. The van der Waals surface area contributed by atoms with Crippen molar-refractivity contribution in [3.05, 3.63) is 20.8 Å². The zero-order valence-electron chi connectivity index (χ0n) is 11.6. The van der Waals surface area contributed by atoms with E-state index >= 15 is 0 Å². The van der Waals surface area contributed by atoms with Crippen LogP contribution in [0.15, 0.2) is 15.9 Å². The van der Waals surface area contributed by atoms with E-state index in [0.717, 1.165) is 15.8 Å². The summed E-state index contributed by atoms with van der Waals surface area (Å²) in [6, 6.07) is 1.99. The van der Waals surface area contributed by atoms with Gasteiger partial charge in [-0.2, -0.15) is 0 Å². The number of nitrogens with zero attached hydrogens (tertiary/aromatic N) is 2. The average molecular weight is 359 g/mol. The van der Waals surface area contributed by atoms with Gasteiger partial charge in [0, 0.05) is 47.3 Å². The molecule has 6 heteroatoms. The van der Waals surface area contributed by atoms with Crippen molar-refractivity contribution in [2.75, 3.05) is 26.2 Å². The largest absolute Gasteiger partial charge is 0.339 e. The van der Waals surface area contributed by atoms with Crippen LogP contribution < -0.4 is 0 Å². The molecule has 0 aliphatic carbocycles. The lowest BCUT2D eigenvalue weighted by Crippen LogP contribution is -2.50. The molecule has 0 unspecified atom stereocenters. The monoisotopic (exact) mass is 358 g/mol. The predicted molar refractivity (Wildman–Crippen MR) is 83.8 cm³/mol. The summed E-state index contributed by atoms with van der Waals surface area (Å²) in [5.41, 5.74) is 0. The van der Waals surface area contributed by atoms with Crippen molar-refractivity contribution < 1.29 is 9.59 Å². The fourth-order valence-electron chi connectivity index (χ4n) is 2.28. The normalized spacial score (nSPS) is 15.5. The van der Waals surface area contributed by atoms with Gasteiger partial charge in [-0.15, -0.1) is 11.3 Å². The number of hydrogen-bond acceptors (Lipinski definition) is 3. The van der Waals surface area contributed by atoms with Crippen molar-refractivity contribution in [2.24, 2.45) is 0 Å². The van der Waals surface area contributed by atoms with E-state index in [9.17, 15) is 9.59 Å². The molecule has 4 nitrogen and oxygen atoms in total. The molecule has 0 atom stereocenters. The van der Waals surface area contributed by atoms with Crippen molar-refractivity contribution in [2.45, 2.75) is 26.2 Å². The maximum atomic E-state index is 12.2. The topological polar surface area (TPSA) is 40.6 Å². The number of piperazine rings is 1. The van der Waals surface area contributed by atoms with E-state index in [0.29, 0.717) is 39.0 Å². The number of hydrogen-bond donors (Lipinski definition) is 0. The van der Waals surface area contributed by atoms with Crippen LogP contribution in [0.3, 0.4) is 0 Å². The van der Waals surface area contributed by atoms with Gasteiger partial charge in [-0.1, -0.05) is 6.92 Å². The molecule has 110 valence electrons. The number of carbonyl (C=O) groups is 2. The van der Waals surface area contributed by atoms with Crippen molar-refractivity contribution in [3.63, 3.8) is 0 Å². The number of thiophene rings is 1. The molecular formula is C14H19BrN2O2S. The fraction of sp³-hybridized carbons (Fsp3) is 0.571. The highest BCUT2D eigenvalue weighted by atomic mass is 79.9. The summed E-state index contributed by atoms with van der Waals surface area (Å²) in [7, 11) is 0. The highest BCUT2D eigenvalue weighted by Gasteiger charge is 2.23. The summed E-state index contributed by atoms with van der Waals surface area (Å²) in [5.74, 6) is 0.365. The molecule has 2 rings (SSSR count). The van der Waals surface area contributed by atoms with Gasteiger partial charge in [0.2, 0.25) is 11.8 Å². The second-order valence-electron chi connectivity index (χ2n) is 4.92. The molecule has 0 N–H and O–H groups in total. The summed E-state index contributed by atoms with van der Waals surface area (Å²) in [6.07, 6.45) is 1.95. The Bertz CT molecular complexity index is 481. The van der Waals surface area contributed by atoms with E-state index in [2.05, 4.69) is 15.9 Å². The third kappa shape index (κ3) is 4.06.